The van der Waals surface area contributed by atoms with E-state index in [4.69, 9.17) is 4.74 Å². The largest absolute Gasteiger partial charge is 0.387 e. The van der Waals surface area contributed by atoms with Gasteiger partial charge in [0.1, 0.15) is 0 Å². The third-order valence-corrected chi connectivity index (χ3v) is 9.39. The van der Waals surface area contributed by atoms with Gasteiger partial charge in [0.25, 0.3) is 0 Å². The van der Waals surface area contributed by atoms with E-state index in [0.29, 0.717) is 23.9 Å². The van der Waals surface area contributed by atoms with E-state index >= 15 is 0 Å². The summed E-state index contributed by atoms with van der Waals surface area (Å²) >= 11 is 3.66. The quantitative estimate of drug-likeness (QED) is 0.478. The zero-order valence-electron chi connectivity index (χ0n) is 16.5. The van der Waals surface area contributed by atoms with Crippen LogP contribution in [-0.4, -0.2) is 29.8 Å². The number of rotatable bonds is 4. The van der Waals surface area contributed by atoms with Crippen molar-refractivity contribution in [2.45, 2.75) is 63.9 Å². The highest BCUT2D eigenvalue weighted by Gasteiger charge is 2.56. The highest BCUT2D eigenvalue weighted by molar-refractivity contribution is 9.09. The van der Waals surface area contributed by atoms with Crippen molar-refractivity contribution in [3.8, 4) is 0 Å². The lowest BCUT2D eigenvalue weighted by Crippen LogP contribution is -2.48. The summed E-state index contributed by atoms with van der Waals surface area (Å²) in [4.78, 5) is 0. The molecule has 0 radical (unpaired) electrons. The summed E-state index contributed by atoms with van der Waals surface area (Å²) in [7, 11) is 1.70. The van der Waals surface area contributed by atoms with Crippen LogP contribution >= 0.6 is 15.9 Å². The van der Waals surface area contributed by atoms with Gasteiger partial charge in [-0.05, 0) is 86.4 Å². The summed E-state index contributed by atoms with van der Waals surface area (Å²) in [6, 6.07) is 0. The van der Waals surface area contributed by atoms with Crippen LogP contribution in [0.15, 0.2) is 23.8 Å². The smallest absolute Gasteiger partial charge is 0.0917 e. The summed E-state index contributed by atoms with van der Waals surface area (Å²) < 4.78 is 5.30. The van der Waals surface area contributed by atoms with Crippen LogP contribution in [-0.2, 0) is 4.74 Å². The third-order valence-electron chi connectivity index (χ3n) is 8.67. The molecular formula is C23H35BrO2. The number of hydrogen-bond donors (Lipinski definition) is 1. The van der Waals surface area contributed by atoms with Gasteiger partial charge in [-0.3, -0.25) is 0 Å². The lowest BCUT2D eigenvalue weighted by Gasteiger charge is -2.54. The molecule has 0 bridgehead atoms. The molecule has 4 aliphatic rings. The number of allylic oxidation sites excluding steroid dienone is 2. The molecular weight excluding hydrogens is 388 g/mol. The second kappa shape index (κ2) is 7.04. The normalized spacial score (nSPS) is 47.5. The molecule has 4 aliphatic carbocycles. The van der Waals surface area contributed by atoms with Crippen molar-refractivity contribution in [3.05, 3.63) is 23.8 Å². The van der Waals surface area contributed by atoms with Crippen molar-refractivity contribution in [3.63, 3.8) is 0 Å². The van der Waals surface area contributed by atoms with E-state index in [1.165, 1.54) is 37.7 Å². The van der Waals surface area contributed by atoms with Crippen molar-refractivity contribution in [1.82, 2.24) is 0 Å². The maximum Gasteiger partial charge on any atom is 0.0917 e. The average Bonchev–Trinajstić information content (AvgIpc) is 2.98. The Balaban J connectivity index is 1.55. The van der Waals surface area contributed by atoms with Crippen molar-refractivity contribution in [2.24, 2.45) is 35.0 Å². The Morgan fingerprint density at radius 2 is 2.08 bits per heavy atom. The van der Waals surface area contributed by atoms with Gasteiger partial charge in [0, 0.05) is 12.4 Å². The first-order valence-corrected chi connectivity index (χ1v) is 11.7. The lowest BCUT2D eigenvalue weighted by atomic mass is 9.51. The summed E-state index contributed by atoms with van der Waals surface area (Å²) in [5.41, 5.74) is 2.80. The number of aliphatic hydroxyl groups is 1. The van der Waals surface area contributed by atoms with E-state index < -0.39 is 5.60 Å². The van der Waals surface area contributed by atoms with Gasteiger partial charge in [-0.25, -0.2) is 0 Å². The molecule has 2 nitrogen and oxygen atoms in total. The first-order valence-electron chi connectivity index (χ1n) is 10.6. The summed E-state index contributed by atoms with van der Waals surface area (Å²) in [6.45, 7) is 7.44. The minimum absolute atomic E-state index is 0.461. The molecule has 3 heteroatoms. The maximum absolute atomic E-state index is 10.8. The third kappa shape index (κ3) is 2.97. The van der Waals surface area contributed by atoms with Crippen molar-refractivity contribution < 1.29 is 9.84 Å². The number of ether oxygens (including phenoxy) is 1. The monoisotopic (exact) mass is 422 g/mol. The van der Waals surface area contributed by atoms with Crippen LogP contribution in [0.1, 0.15) is 58.3 Å². The highest BCUT2D eigenvalue weighted by atomic mass is 79.9. The van der Waals surface area contributed by atoms with Crippen molar-refractivity contribution in [2.75, 3.05) is 19.0 Å². The molecule has 1 N–H and O–H groups in total. The molecule has 0 aliphatic heterocycles. The Morgan fingerprint density at radius 3 is 2.81 bits per heavy atom. The summed E-state index contributed by atoms with van der Waals surface area (Å²) in [5.74, 6) is 3.98. The van der Waals surface area contributed by atoms with Gasteiger partial charge in [-0.2, -0.15) is 0 Å². The first-order chi connectivity index (χ1) is 12.4. The van der Waals surface area contributed by atoms with Gasteiger partial charge in [-0.1, -0.05) is 46.7 Å². The van der Waals surface area contributed by atoms with Gasteiger partial charge in [0.05, 0.1) is 12.2 Å². The van der Waals surface area contributed by atoms with Crippen LogP contribution in [0.3, 0.4) is 0 Å². The molecule has 3 fully saturated rings. The van der Waals surface area contributed by atoms with Crippen LogP contribution in [0, 0.1) is 35.0 Å². The van der Waals surface area contributed by atoms with Crippen LogP contribution in [0.25, 0.3) is 0 Å². The van der Waals surface area contributed by atoms with E-state index in [-0.39, 0.29) is 0 Å². The Hall–Kier alpha value is -0.120. The second-order valence-corrected chi connectivity index (χ2v) is 10.5. The maximum atomic E-state index is 10.8. The zero-order valence-corrected chi connectivity index (χ0v) is 18.1. The molecule has 4 rings (SSSR count). The van der Waals surface area contributed by atoms with Crippen LogP contribution in [0.5, 0.6) is 0 Å². The Bertz CT molecular complexity index is 599. The predicted molar refractivity (Wildman–Crippen MR) is 110 cm³/mol. The Morgan fingerprint density at radius 1 is 1.27 bits per heavy atom. The van der Waals surface area contributed by atoms with Crippen molar-refractivity contribution >= 4 is 15.9 Å². The molecule has 0 aromatic heterocycles. The fraction of sp³-hybridized carbons (Fsp3) is 0.826. The van der Waals surface area contributed by atoms with E-state index in [2.05, 4.69) is 35.5 Å². The summed E-state index contributed by atoms with van der Waals surface area (Å²) in [6.07, 6.45) is 12.1. The van der Waals surface area contributed by atoms with E-state index in [9.17, 15) is 5.11 Å². The van der Waals surface area contributed by atoms with Crippen LogP contribution in [0.4, 0.5) is 0 Å². The topological polar surface area (TPSA) is 29.5 Å². The van der Waals surface area contributed by atoms with E-state index in [0.717, 1.165) is 42.3 Å². The number of hydrogen-bond acceptors (Lipinski definition) is 2. The molecule has 0 amide bonds. The highest BCUT2D eigenvalue weighted by Crippen LogP contribution is 2.64. The second-order valence-electron chi connectivity index (χ2n) is 9.89. The van der Waals surface area contributed by atoms with Gasteiger partial charge in [0.15, 0.2) is 0 Å². The molecule has 3 saturated carbocycles. The molecule has 0 saturated heterocycles. The number of methoxy groups -OCH3 is 1. The molecule has 7 atom stereocenters. The molecule has 0 heterocycles. The predicted octanol–water partition coefficient (Wildman–Crippen LogP) is 5.50. The van der Waals surface area contributed by atoms with Crippen LogP contribution < -0.4 is 0 Å². The number of fused-ring (bicyclic) bond motifs is 5. The minimum atomic E-state index is -0.626. The fourth-order valence-corrected chi connectivity index (χ4v) is 7.91. The molecule has 26 heavy (non-hydrogen) atoms. The fourth-order valence-electron chi connectivity index (χ4n) is 7.52. The average molecular weight is 423 g/mol. The van der Waals surface area contributed by atoms with E-state index in [1.807, 2.05) is 0 Å². The van der Waals surface area contributed by atoms with Gasteiger partial charge in [-0.15, -0.1) is 0 Å². The van der Waals surface area contributed by atoms with E-state index in [1.54, 1.807) is 12.7 Å². The molecule has 0 spiro atoms. The first kappa shape index (κ1) is 19.2. The van der Waals surface area contributed by atoms with Gasteiger partial charge >= 0.3 is 0 Å². The summed E-state index contributed by atoms with van der Waals surface area (Å²) in [5, 5.41) is 11.8. The molecule has 0 unspecified atom stereocenters. The molecule has 0 aromatic rings. The van der Waals surface area contributed by atoms with Crippen LogP contribution in [0.2, 0.25) is 0 Å². The molecule has 0 aromatic carbocycles. The SMILES string of the molecule is C=C(CBr)[C@H]1CC[C@H]2[C@@H]3CC=C4C[C@](O)(COC)CC[C@@H]4[C@H]3CC[C@]12C. The number of halogens is 1. The molecule has 146 valence electrons. The zero-order chi connectivity index (χ0) is 18.5. The Labute approximate surface area is 167 Å². The number of alkyl halides is 1. The minimum Gasteiger partial charge on any atom is -0.387 e. The standard InChI is InChI=1S/C23H35BrO2/c1-15(13-24)20-6-7-21-19-5-4-16-12-23(25,14-26-3)11-9-17(16)18(19)8-10-22(20,21)2/h4,17-21,25H,1,5-14H2,2-3H3/t17-,18+,19+,20+,21-,22+,23-/m0/s1. The lowest BCUT2D eigenvalue weighted by molar-refractivity contribution is -0.0675. The van der Waals surface area contributed by atoms with Crippen molar-refractivity contribution in [1.29, 1.82) is 0 Å². The van der Waals surface area contributed by atoms with Gasteiger partial charge in [0.2, 0.25) is 0 Å². The van der Waals surface area contributed by atoms with Gasteiger partial charge < -0.3 is 9.84 Å². The Kier molecular flexibility index (Phi) is 5.20.